The number of hydrogen-bond donors (Lipinski definition) is 1. The van der Waals surface area contributed by atoms with E-state index in [1.54, 1.807) is 19.2 Å². The summed E-state index contributed by atoms with van der Waals surface area (Å²) in [4.78, 5) is 0. The zero-order chi connectivity index (χ0) is 14.0. The molecule has 1 unspecified atom stereocenters. The van der Waals surface area contributed by atoms with Crippen LogP contribution in [0.1, 0.15) is 30.0 Å². The Hall–Kier alpha value is -1.75. The fourth-order valence-corrected chi connectivity index (χ4v) is 1.95. The maximum absolute atomic E-state index is 13.3. The lowest BCUT2D eigenvalue weighted by atomic mass is 10.0. The highest BCUT2D eigenvalue weighted by Crippen LogP contribution is 2.26. The van der Waals surface area contributed by atoms with E-state index in [1.807, 2.05) is 6.92 Å². The van der Waals surface area contributed by atoms with Crippen LogP contribution in [0.3, 0.4) is 0 Å². The van der Waals surface area contributed by atoms with Crippen LogP contribution >= 0.6 is 0 Å². The smallest absolute Gasteiger partial charge is 0.194 e. The molecule has 0 aliphatic rings. The molecular weight excluding hydrogens is 255 g/mol. The summed E-state index contributed by atoms with van der Waals surface area (Å²) in [7, 11) is 1.64. The maximum Gasteiger partial charge on any atom is 0.194 e. The van der Waals surface area contributed by atoms with Crippen LogP contribution in [0.25, 0.3) is 0 Å². The van der Waals surface area contributed by atoms with Crippen LogP contribution < -0.4 is 5.32 Å². The molecule has 5 heteroatoms. The van der Waals surface area contributed by atoms with Crippen molar-refractivity contribution >= 4 is 0 Å². The van der Waals surface area contributed by atoms with Crippen molar-refractivity contribution in [1.82, 2.24) is 5.32 Å². The van der Waals surface area contributed by atoms with Gasteiger partial charge in [0, 0.05) is 6.42 Å². The Morgan fingerprint density at radius 1 is 1.16 bits per heavy atom. The Morgan fingerprint density at radius 2 is 1.79 bits per heavy atom. The summed E-state index contributed by atoms with van der Waals surface area (Å²) in [6.07, 6.45) is 0.725. The van der Waals surface area contributed by atoms with Crippen LogP contribution in [0.15, 0.2) is 28.7 Å². The average Bonchev–Trinajstić information content (AvgIpc) is 2.85. The summed E-state index contributed by atoms with van der Waals surface area (Å²) >= 11 is 0. The second kappa shape index (κ2) is 5.48. The zero-order valence-electron chi connectivity index (χ0n) is 10.6. The van der Waals surface area contributed by atoms with Crippen LogP contribution in [0.2, 0.25) is 0 Å². The number of benzene rings is 1. The molecule has 2 aromatic rings. The number of aryl methyl sites for hydroxylation is 1. The Kier molecular flexibility index (Phi) is 3.95. The average molecular weight is 269 g/mol. The lowest BCUT2D eigenvalue weighted by Crippen LogP contribution is -2.17. The van der Waals surface area contributed by atoms with Gasteiger partial charge in [0.1, 0.15) is 11.5 Å². The lowest BCUT2D eigenvalue weighted by Gasteiger charge is -2.14. The van der Waals surface area contributed by atoms with Crippen molar-refractivity contribution in [2.45, 2.75) is 19.4 Å². The van der Waals surface area contributed by atoms with Crippen molar-refractivity contribution < 1.29 is 17.6 Å². The minimum atomic E-state index is -1.47. The molecule has 0 aliphatic carbocycles. The number of halogens is 3. The predicted molar refractivity (Wildman–Crippen MR) is 65.3 cm³/mol. The van der Waals surface area contributed by atoms with E-state index in [9.17, 15) is 13.2 Å². The van der Waals surface area contributed by atoms with Crippen molar-refractivity contribution in [2.24, 2.45) is 0 Å². The minimum Gasteiger partial charge on any atom is -0.464 e. The first-order valence-electron chi connectivity index (χ1n) is 5.97. The Morgan fingerprint density at radius 3 is 2.26 bits per heavy atom. The highest BCUT2D eigenvalue weighted by atomic mass is 19.2. The quantitative estimate of drug-likeness (QED) is 0.858. The summed E-state index contributed by atoms with van der Waals surface area (Å²) in [6.45, 7) is 1.94. The van der Waals surface area contributed by atoms with Gasteiger partial charge in [-0.1, -0.05) is 6.92 Å². The normalized spacial score (nSPS) is 12.7. The number of nitrogens with one attached hydrogen (secondary N) is 1. The van der Waals surface area contributed by atoms with Crippen molar-refractivity contribution in [3.63, 3.8) is 0 Å². The molecule has 0 bridgehead atoms. The summed E-state index contributed by atoms with van der Waals surface area (Å²) < 4.78 is 45.0. The summed E-state index contributed by atoms with van der Waals surface area (Å²) in [5.41, 5.74) is 0.274. The van der Waals surface area contributed by atoms with E-state index in [4.69, 9.17) is 4.42 Å². The van der Waals surface area contributed by atoms with Gasteiger partial charge in [0.2, 0.25) is 0 Å². The molecule has 2 nitrogen and oxygen atoms in total. The number of furan rings is 1. The molecule has 0 fully saturated rings. The first-order chi connectivity index (χ1) is 9.06. The largest absolute Gasteiger partial charge is 0.464 e. The third kappa shape index (κ3) is 2.66. The van der Waals surface area contributed by atoms with Crippen molar-refractivity contribution in [3.8, 4) is 0 Å². The van der Waals surface area contributed by atoms with Crippen molar-refractivity contribution in [2.75, 3.05) is 7.05 Å². The molecule has 1 heterocycles. The van der Waals surface area contributed by atoms with Crippen LogP contribution in [0, 0.1) is 17.5 Å². The molecule has 1 atom stereocenters. The third-order valence-electron chi connectivity index (χ3n) is 2.94. The molecule has 1 aromatic heterocycles. The molecule has 0 amide bonds. The van der Waals surface area contributed by atoms with Gasteiger partial charge in [0.15, 0.2) is 17.5 Å². The van der Waals surface area contributed by atoms with Gasteiger partial charge in [-0.15, -0.1) is 0 Å². The molecule has 0 saturated carbocycles. The molecule has 0 aliphatic heterocycles. The van der Waals surface area contributed by atoms with E-state index in [2.05, 4.69) is 5.32 Å². The molecule has 1 N–H and O–H groups in total. The Bertz CT molecular complexity index is 557. The van der Waals surface area contributed by atoms with Gasteiger partial charge in [-0.25, -0.2) is 13.2 Å². The summed E-state index contributed by atoms with van der Waals surface area (Å²) in [5, 5.41) is 2.90. The molecule has 0 saturated heterocycles. The van der Waals surface area contributed by atoms with Crippen molar-refractivity contribution in [1.29, 1.82) is 0 Å². The van der Waals surface area contributed by atoms with Gasteiger partial charge in [-0.05, 0) is 36.9 Å². The second-order valence-electron chi connectivity index (χ2n) is 4.18. The van der Waals surface area contributed by atoms with Gasteiger partial charge < -0.3 is 9.73 Å². The van der Waals surface area contributed by atoms with Gasteiger partial charge >= 0.3 is 0 Å². The topological polar surface area (TPSA) is 25.2 Å². The Labute approximate surface area is 109 Å². The molecule has 0 radical (unpaired) electrons. The molecule has 1 aromatic carbocycles. The fourth-order valence-electron chi connectivity index (χ4n) is 1.95. The molecule has 19 heavy (non-hydrogen) atoms. The second-order valence-corrected chi connectivity index (χ2v) is 4.18. The van der Waals surface area contributed by atoms with Crippen LogP contribution in [0.4, 0.5) is 13.2 Å². The van der Waals surface area contributed by atoms with E-state index in [0.29, 0.717) is 5.76 Å². The minimum absolute atomic E-state index is 0.274. The van der Waals surface area contributed by atoms with Crippen molar-refractivity contribution in [3.05, 3.63) is 58.8 Å². The summed E-state index contributed by atoms with van der Waals surface area (Å²) in [5.74, 6) is -2.58. The molecular formula is C14H14F3NO. The molecule has 2 rings (SSSR count). The van der Waals surface area contributed by atoms with Crippen LogP contribution in [-0.2, 0) is 6.42 Å². The SMILES string of the molecule is CCc1ccc(C(NC)c2cc(F)c(F)c(F)c2)o1. The van der Waals surface area contributed by atoms with E-state index >= 15 is 0 Å². The van der Waals surface area contributed by atoms with Gasteiger partial charge in [0.25, 0.3) is 0 Å². The number of hydrogen-bond acceptors (Lipinski definition) is 2. The molecule has 0 spiro atoms. The maximum atomic E-state index is 13.3. The van der Waals surface area contributed by atoms with E-state index in [1.165, 1.54) is 0 Å². The Balaban J connectivity index is 2.42. The highest BCUT2D eigenvalue weighted by Gasteiger charge is 2.20. The van der Waals surface area contributed by atoms with E-state index in [-0.39, 0.29) is 5.56 Å². The standard InChI is InChI=1S/C14H14F3NO/c1-3-9-4-5-12(19-9)14(18-2)8-6-10(15)13(17)11(16)7-8/h4-7,14,18H,3H2,1-2H3. The van der Waals surface area contributed by atoms with Crippen LogP contribution in [0.5, 0.6) is 0 Å². The zero-order valence-corrected chi connectivity index (χ0v) is 10.6. The summed E-state index contributed by atoms with van der Waals surface area (Å²) in [6, 6.07) is 4.95. The number of rotatable bonds is 4. The van der Waals surface area contributed by atoms with Crippen LogP contribution in [-0.4, -0.2) is 7.05 Å². The van der Waals surface area contributed by atoms with E-state index < -0.39 is 23.5 Å². The van der Waals surface area contributed by atoms with Gasteiger partial charge in [-0.2, -0.15) is 0 Å². The fraction of sp³-hybridized carbons (Fsp3) is 0.286. The third-order valence-corrected chi connectivity index (χ3v) is 2.94. The highest BCUT2D eigenvalue weighted by molar-refractivity contribution is 5.29. The van der Waals surface area contributed by atoms with Gasteiger partial charge in [0.05, 0.1) is 6.04 Å². The monoisotopic (exact) mass is 269 g/mol. The first kappa shape index (κ1) is 13.7. The molecule has 102 valence electrons. The first-order valence-corrected chi connectivity index (χ1v) is 5.97. The lowest BCUT2D eigenvalue weighted by molar-refractivity contribution is 0.422. The predicted octanol–water partition coefficient (Wildman–Crippen LogP) is 3.57. The van der Waals surface area contributed by atoms with E-state index in [0.717, 1.165) is 24.3 Å². The van der Waals surface area contributed by atoms with Gasteiger partial charge in [-0.3, -0.25) is 0 Å².